The molecule has 0 unspecified atom stereocenters. The summed E-state index contributed by atoms with van der Waals surface area (Å²) in [5.41, 5.74) is 0.174. The number of hydrogen-bond acceptors (Lipinski definition) is 4. The second-order valence-electron chi connectivity index (χ2n) is 7.48. The van der Waals surface area contributed by atoms with E-state index in [2.05, 4.69) is 9.97 Å². The number of aromatic nitrogens is 4. The monoisotopic (exact) mass is 364 g/mol. The quantitative estimate of drug-likeness (QED) is 0.665. The van der Waals surface area contributed by atoms with Gasteiger partial charge in [0.2, 0.25) is 0 Å². The maximum atomic E-state index is 13.8. The average Bonchev–Trinajstić information content (AvgIpc) is 2.60. The van der Waals surface area contributed by atoms with Gasteiger partial charge in [-0.1, -0.05) is 12.1 Å². The Hall–Kier alpha value is -3.09. The predicted molar refractivity (Wildman–Crippen MR) is 96.8 cm³/mol. The van der Waals surface area contributed by atoms with Gasteiger partial charge in [-0.2, -0.15) is 0 Å². The van der Waals surface area contributed by atoms with Crippen molar-refractivity contribution in [3.8, 4) is 11.3 Å². The molecule has 7 heteroatoms. The van der Waals surface area contributed by atoms with Gasteiger partial charge in [0.05, 0.1) is 30.3 Å². The van der Waals surface area contributed by atoms with E-state index in [1.54, 1.807) is 35.2 Å². The molecule has 6 rings (SSSR count). The number of benzene rings is 1. The summed E-state index contributed by atoms with van der Waals surface area (Å²) in [6.45, 7) is 0.148. The topological polar surface area (TPSA) is 69.8 Å². The fourth-order valence-corrected chi connectivity index (χ4v) is 4.15. The fourth-order valence-electron chi connectivity index (χ4n) is 4.15. The number of rotatable bonds is 4. The van der Waals surface area contributed by atoms with Gasteiger partial charge in [0, 0.05) is 23.5 Å². The van der Waals surface area contributed by atoms with Crippen LogP contribution < -0.4 is 11.1 Å². The van der Waals surface area contributed by atoms with Gasteiger partial charge in [0.25, 0.3) is 0 Å². The SMILES string of the molecule is O=c1c(=O)n(C23CC(C2)C3)ccn1Cc1cnc(-c2ccccc2F)cn1. The summed E-state index contributed by atoms with van der Waals surface area (Å²) >= 11 is 0. The average molecular weight is 364 g/mol. The van der Waals surface area contributed by atoms with Crippen molar-refractivity contribution < 1.29 is 4.39 Å². The van der Waals surface area contributed by atoms with Gasteiger partial charge in [-0.25, -0.2) is 4.39 Å². The van der Waals surface area contributed by atoms with Crippen LogP contribution in [0.3, 0.4) is 0 Å². The van der Waals surface area contributed by atoms with E-state index in [1.807, 2.05) is 0 Å². The highest BCUT2D eigenvalue weighted by Gasteiger charge is 2.58. The molecule has 3 aromatic rings. The zero-order valence-corrected chi connectivity index (χ0v) is 14.5. The van der Waals surface area contributed by atoms with E-state index in [0.29, 0.717) is 17.0 Å². The van der Waals surface area contributed by atoms with E-state index < -0.39 is 11.1 Å². The van der Waals surface area contributed by atoms with Gasteiger partial charge in [0.15, 0.2) is 0 Å². The highest BCUT2D eigenvalue weighted by Crippen LogP contribution is 2.61. The Morgan fingerprint density at radius 3 is 2.44 bits per heavy atom. The van der Waals surface area contributed by atoms with Crippen LogP contribution in [0.15, 0.2) is 58.6 Å². The maximum absolute atomic E-state index is 13.8. The Kier molecular flexibility index (Phi) is 3.40. The fraction of sp³-hybridized carbons (Fsp3) is 0.300. The number of nitrogens with zero attached hydrogens (tertiary/aromatic N) is 4. The van der Waals surface area contributed by atoms with Crippen LogP contribution >= 0.6 is 0 Å². The van der Waals surface area contributed by atoms with Crippen molar-refractivity contribution in [2.24, 2.45) is 5.92 Å². The molecule has 3 fully saturated rings. The molecule has 2 bridgehead atoms. The molecule has 3 saturated carbocycles. The van der Waals surface area contributed by atoms with E-state index in [0.717, 1.165) is 25.2 Å². The van der Waals surface area contributed by atoms with Gasteiger partial charge in [-0.05, 0) is 37.3 Å². The molecule has 2 aromatic heterocycles. The summed E-state index contributed by atoms with van der Waals surface area (Å²) in [4.78, 5) is 33.4. The first-order valence-electron chi connectivity index (χ1n) is 8.94. The van der Waals surface area contributed by atoms with Crippen LogP contribution in [0.1, 0.15) is 25.0 Å². The first kappa shape index (κ1) is 16.1. The molecule has 1 aromatic carbocycles. The van der Waals surface area contributed by atoms with Crippen LogP contribution in [0, 0.1) is 11.7 Å². The van der Waals surface area contributed by atoms with E-state index in [4.69, 9.17) is 0 Å². The minimum absolute atomic E-state index is 0.110. The molecule has 0 radical (unpaired) electrons. The molecule has 3 aliphatic carbocycles. The number of halogens is 1. The van der Waals surface area contributed by atoms with Crippen LogP contribution in [-0.4, -0.2) is 19.1 Å². The van der Waals surface area contributed by atoms with Crippen molar-refractivity contribution in [1.82, 2.24) is 19.1 Å². The largest absolute Gasteiger partial charge is 0.316 e. The minimum Gasteiger partial charge on any atom is -0.303 e. The lowest BCUT2D eigenvalue weighted by Gasteiger charge is -2.62. The summed E-state index contributed by atoms with van der Waals surface area (Å²) in [6.07, 6.45) is 9.32. The van der Waals surface area contributed by atoms with Gasteiger partial charge >= 0.3 is 11.1 Å². The molecule has 0 saturated heterocycles. The molecule has 136 valence electrons. The molecule has 2 heterocycles. The zero-order valence-electron chi connectivity index (χ0n) is 14.5. The van der Waals surface area contributed by atoms with Crippen LogP contribution in [-0.2, 0) is 12.1 Å². The third kappa shape index (κ3) is 2.45. The third-order valence-electron chi connectivity index (χ3n) is 5.76. The highest BCUT2D eigenvalue weighted by molar-refractivity contribution is 5.58. The molecule has 0 aliphatic heterocycles. The number of hydrogen-bond donors (Lipinski definition) is 0. The molecule has 3 aliphatic rings. The molecule has 27 heavy (non-hydrogen) atoms. The zero-order chi connectivity index (χ0) is 18.6. The Labute approximate surface area is 154 Å². The standard InChI is InChI=1S/C20H17FN4O2/c21-16-4-2-1-3-15(16)17-11-22-14(10-23-17)12-24-5-6-25(19(27)18(24)26)20-7-13(8-20)9-20/h1-6,10-11,13H,7-9,12H2. The van der Waals surface area contributed by atoms with Crippen molar-refractivity contribution in [2.75, 3.05) is 0 Å². The molecule has 0 N–H and O–H groups in total. The first-order chi connectivity index (χ1) is 13.1. The smallest absolute Gasteiger partial charge is 0.303 e. The van der Waals surface area contributed by atoms with Crippen LogP contribution in [0.2, 0.25) is 0 Å². The summed E-state index contributed by atoms with van der Waals surface area (Å²) in [5.74, 6) is 0.357. The molecule has 0 amide bonds. The predicted octanol–water partition coefficient (Wildman–Crippen LogP) is 2.16. The Morgan fingerprint density at radius 1 is 1.04 bits per heavy atom. The van der Waals surface area contributed by atoms with Crippen molar-refractivity contribution in [2.45, 2.75) is 31.3 Å². The van der Waals surface area contributed by atoms with Crippen LogP contribution in [0.4, 0.5) is 4.39 Å². The lowest BCUT2D eigenvalue weighted by Crippen LogP contribution is -2.64. The summed E-state index contributed by atoms with van der Waals surface area (Å²) in [5, 5.41) is 0. The Bertz CT molecular complexity index is 1130. The second kappa shape index (κ2) is 5.70. The molecule has 6 nitrogen and oxygen atoms in total. The molecule has 0 spiro atoms. The normalized spacial score (nSPS) is 22.8. The molecular weight excluding hydrogens is 347 g/mol. The van der Waals surface area contributed by atoms with Crippen LogP contribution in [0.5, 0.6) is 0 Å². The summed E-state index contributed by atoms with van der Waals surface area (Å²) in [6, 6.07) is 6.34. The van der Waals surface area contributed by atoms with Crippen molar-refractivity contribution in [1.29, 1.82) is 0 Å². The van der Waals surface area contributed by atoms with Crippen molar-refractivity contribution in [3.63, 3.8) is 0 Å². The van der Waals surface area contributed by atoms with Gasteiger partial charge in [-0.15, -0.1) is 0 Å². The Balaban J connectivity index is 1.41. The van der Waals surface area contributed by atoms with E-state index >= 15 is 0 Å². The summed E-state index contributed by atoms with van der Waals surface area (Å²) < 4.78 is 16.8. The first-order valence-corrected chi connectivity index (χ1v) is 8.94. The highest BCUT2D eigenvalue weighted by atomic mass is 19.1. The van der Waals surface area contributed by atoms with E-state index in [1.165, 1.54) is 23.0 Å². The lowest BCUT2D eigenvalue weighted by molar-refractivity contribution is -0.0919. The van der Waals surface area contributed by atoms with Gasteiger partial charge in [0.1, 0.15) is 5.82 Å². The third-order valence-corrected chi connectivity index (χ3v) is 5.76. The summed E-state index contributed by atoms with van der Waals surface area (Å²) in [7, 11) is 0. The maximum Gasteiger partial charge on any atom is 0.316 e. The van der Waals surface area contributed by atoms with E-state index in [-0.39, 0.29) is 17.9 Å². The van der Waals surface area contributed by atoms with Gasteiger partial charge < -0.3 is 9.13 Å². The van der Waals surface area contributed by atoms with Crippen molar-refractivity contribution in [3.05, 3.63) is 81.3 Å². The van der Waals surface area contributed by atoms with E-state index in [9.17, 15) is 14.0 Å². The lowest BCUT2D eigenvalue weighted by atomic mass is 9.49. The van der Waals surface area contributed by atoms with Crippen molar-refractivity contribution >= 4 is 0 Å². The Morgan fingerprint density at radius 2 is 1.81 bits per heavy atom. The minimum atomic E-state index is -0.554. The molecule has 0 atom stereocenters. The van der Waals surface area contributed by atoms with Crippen LogP contribution in [0.25, 0.3) is 11.3 Å². The molecular formula is C20H17FN4O2. The van der Waals surface area contributed by atoms with Gasteiger partial charge in [-0.3, -0.25) is 19.6 Å². The second-order valence-corrected chi connectivity index (χ2v) is 7.48.